The summed E-state index contributed by atoms with van der Waals surface area (Å²) in [5, 5.41) is 11.0. The van der Waals surface area contributed by atoms with E-state index in [4.69, 9.17) is 4.74 Å². The summed E-state index contributed by atoms with van der Waals surface area (Å²) in [7, 11) is 1.44. The van der Waals surface area contributed by atoms with Gasteiger partial charge in [-0.1, -0.05) is 30.3 Å². The van der Waals surface area contributed by atoms with Crippen LogP contribution >= 0.6 is 0 Å². The summed E-state index contributed by atoms with van der Waals surface area (Å²) in [6.07, 6.45) is 2.35. The quantitative estimate of drug-likeness (QED) is 0.706. The summed E-state index contributed by atoms with van der Waals surface area (Å²) in [6.45, 7) is 1.43. The number of ether oxygens (including phenoxy) is 1. The number of rotatable bonds is 3. The normalized spacial score (nSPS) is 19.1. The Morgan fingerprint density at radius 2 is 2.00 bits per heavy atom. The lowest BCUT2D eigenvalue weighted by molar-refractivity contribution is -0.945. The first-order chi connectivity index (χ1) is 12.7. The Labute approximate surface area is 151 Å². The summed E-state index contributed by atoms with van der Waals surface area (Å²) in [5.74, 6) is -0.0106. The lowest BCUT2D eigenvalue weighted by Crippen LogP contribution is -3.15. The highest BCUT2D eigenvalue weighted by Crippen LogP contribution is 2.25. The Morgan fingerprint density at radius 3 is 2.81 bits per heavy atom. The Bertz CT molecular complexity index is 970. The van der Waals surface area contributed by atoms with E-state index in [1.807, 2.05) is 30.3 Å². The van der Waals surface area contributed by atoms with Gasteiger partial charge in [0, 0.05) is 29.1 Å². The molecule has 3 aromatic rings. The van der Waals surface area contributed by atoms with Crippen LogP contribution in [0.2, 0.25) is 0 Å². The van der Waals surface area contributed by atoms with Crippen LogP contribution in [0.15, 0.2) is 54.7 Å². The number of phenols is 1. The monoisotopic (exact) mass is 349 g/mol. The number of hydrogen-bond donors (Lipinski definition) is 2. The molecule has 1 aromatic heterocycles. The molecule has 0 aliphatic carbocycles. The third-order valence-electron chi connectivity index (χ3n) is 5.19. The lowest BCUT2D eigenvalue weighted by Gasteiger charge is -2.32. The number of methoxy groups -OCH3 is 1. The summed E-state index contributed by atoms with van der Waals surface area (Å²) in [4.78, 5) is 17.8. The standard InChI is InChI=1S/C21H20N2O3/c1-26-21(25)18-11-14-5-2-3-6-15(14)12-23(18)13-16-8-9-19(24)20-17(16)7-4-10-22-20/h2-10,18,24H,11-13H2,1H3/p+1/t18-/m1/s1. The number of phenolic OH excluding ortho intramolecular Hbond substituents is 1. The maximum Gasteiger partial charge on any atom is 0.365 e. The molecule has 0 amide bonds. The van der Waals surface area contributed by atoms with E-state index < -0.39 is 0 Å². The van der Waals surface area contributed by atoms with Gasteiger partial charge >= 0.3 is 5.97 Å². The van der Waals surface area contributed by atoms with Crippen molar-refractivity contribution < 1.29 is 19.5 Å². The van der Waals surface area contributed by atoms with Crippen molar-refractivity contribution in [3.8, 4) is 5.75 Å². The minimum Gasteiger partial charge on any atom is -0.506 e. The smallest absolute Gasteiger partial charge is 0.365 e. The van der Waals surface area contributed by atoms with Crippen LogP contribution in [0.5, 0.6) is 5.75 Å². The van der Waals surface area contributed by atoms with Gasteiger partial charge in [-0.15, -0.1) is 0 Å². The molecule has 2 N–H and O–H groups in total. The van der Waals surface area contributed by atoms with Gasteiger partial charge in [-0.3, -0.25) is 4.98 Å². The number of fused-ring (bicyclic) bond motifs is 2. The van der Waals surface area contributed by atoms with Crippen LogP contribution in [0.4, 0.5) is 0 Å². The predicted molar refractivity (Wildman–Crippen MR) is 97.7 cm³/mol. The molecule has 0 fully saturated rings. The highest BCUT2D eigenvalue weighted by molar-refractivity contribution is 5.87. The van der Waals surface area contributed by atoms with Gasteiger partial charge < -0.3 is 14.7 Å². The van der Waals surface area contributed by atoms with Crippen LogP contribution in [0.3, 0.4) is 0 Å². The molecule has 2 heterocycles. The fraction of sp³-hybridized carbons (Fsp3) is 0.238. The molecular weight excluding hydrogens is 328 g/mol. The van der Waals surface area contributed by atoms with Crippen molar-refractivity contribution in [3.05, 3.63) is 71.4 Å². The molecule has 1 aliphatic rings. The Hall–Kier alpha value is -2.92. The Balaban J connectivity index is 1.72. The second-order valence-corrected chi connectivity index (χ2v) is 6.70. The molecule has 2 aromatic carbocycles. The minimum atomic E-state index is -0.240. The molecule has 0 spiro atoms. The third-order valence-corrected chi connectivity index (χ3v) is 5.19. The summed E-state index contributed by atoms with van der Waals surface area (Å²) < 4.78 is 5.07. The van der Waals surface area contributed by atoms with E-state index >= 15 is 0 Å². The zero-order chi connectivity index (χ0) is 18.1. The summed E-state index contributed by atoms with van der Waals surface area (Å²) in [5.41, 5.74) is 4.14. The molecule has 0 saturated carbocycles. The number of carbonyl (C=O) groups excluding carboxylic acids is 1. The minimum absolute atomic E-state index is 0.174. The number of esters is 1. The number of aromatic nitrogens is 1. The Morgan fingerprint density at radius 1 is 1.19 bits per heavy atom. The molecule has 5 heteroatoms. The molecule has 0 bridgehead atoms. The molecule has 0 saturated heterocycles. The van der Waals surface area contributed by atoms with E-state index in [1.54, 1.807) is 12.3 Å². The van der Waals surface area contributed by atoms with Crippen LogP contribution in [0.25, 0.3) is 10.9 Å². The van der Waals surface area contributed by atoms with E-state index in [-0.39, 0.29) is 17.8 Å². The first-order valence-corrected chi connectivity index (χ1v) is 8.72. The molecule has 0 radical (unpaired) electrons. The first kappa shape index (κ1) is 16.5. The van der Waals surface area contributed by atoms with E-state index in [1.165, 1.54) is 18.2 Å². The Kier molecular flexibility index (Phi) is 4.31. The first-order valence-electron chi connectivity index (χ1n) is 8.72. The van der Waals surface area contributed by atoms with E-state index in [9.17, 15) is 9.90 Å². The number of carbonyl (C=O) groups is 1. The summed E-state index contributed by atoms with van der Waals surface area (Å²) in [6, 6.07) is 15.4. The molecule has 2 atom stereocenters. The molecule has 4 rings (SSSR count). The third kappa shape index (κ3) is 2.91. The largest absolute Gasteiger partial charge is 0.506 e. The highest BCUT2D eigenvalue weighted by Gasteiger charge is 2.36. The van der Waals surface area contributed by atoms with Gasteiger partial charge in [0.25, 0.3) is 0 Å². The fourth-order valence-electron chi connectivity index (χ4n) is 3.85. The van der Waals surface area contributed by atoms with Crippen LogP contribution in [0, 0.1) is 0 Å². The number of pyridine rings is 1. The average molecular weight is 349 g/mol. The molecule has 132 valence electrons. The zero-order valence-electron chi connectivity index (χ0n) is 14.6. The zero-order valence-corrected chi connectivity index (χ0v) is 14.6. The molecular formula is C21H21N2O3+. The molecule has 1 aliphatic heterocycles. The van der Waals surface area contributed by atoms with Crippen molar-refractivity contribution in [1.29, 1.82) is 0 Å². The molecule has 1 unspecified atom stereocenters. The number of nitrogens with one attached hydrogen (secondary N) is 1. The summed E-state index contributed by atoms with van der Waals surface area (Å²) >= 11 is 0. The maximum absolute atomic E-state index is 12.4. The van der Waals surface area contributed by atoms with Crippen molar-refractivity contribution in [1.82, 2.24) is 4.98 Å². The maximum atomic E-state index is 12.4. The molecule has 26 heavy (non-hydrogen) atoms. The van der Waals surface area contributed by atoms with Gasteiger partial charge in [-0.2, -0.15) is 0 Å². The lowest BCUT2D eigenvalue weighted by atomic mass is 9.93. The van der Waals surface area contributed by atoms with Crippen molar-refractivity contribution in [2.24, 2.45) is 0 Å². The van der Waals surface area contributed by atoms with Crippen LogP contribution in [-0.4, -0.2) is 29.2 Å². The van der Waals surface area contributed by atoms with Crippen LogP contribution < -0.4 is 4.90 Å². The number of nitrogens with zero attached hydrogens (tertiary/aromatic N) is 1. The van der Waals surface area contributed by atoms with E-state index in [0.29, 0.717) is 18.5 Å². The average Bonchev–Trinajstić information content (AvgIpc) is 2.69. The second-order valence-electron chi connectivity index (χ2n) is 6.70. The predicted octanol–water partition coefficient (Wildman–Crippen LogP) is 1.62. The van der Waals surface area contributed by atoms with Crippen molar-refractivity contribution >= 4 is 16.9 Å². The van der Waals surface area contributed by atoms with Crippen LogP contribution in [0.1, 0.15) is 16.7 Å². The van der Waals surface area contributed by atoms with Gasteiger partial charge in [-0.05, 0) is 23.8 Å². The number of quaternary nitrogens is 1. The van der Waals surface area contributed by atoms with Gasteiger partial charge in [0.1, 0.15) is 24.4 Å². The number of hydrogen-bond acceptors (Lipinski definition) is 4. The topological polar surface area (TPSA) is 63.9 Å². The van der Waals surface area contributed by atoms with Crippen molar-refractivity contribution in [3.63, 3.8) is 0 Å². The van der Waals surface area contributed by atoms with Gasteiger partial charge in [0.05, 0.1) is 7.11 Å². The van der Waals surface area contributed by atoms with E-state index in [2.05, 4.69) is 17.1 Å². The van der Waals surface area contributed by atoms with Gasteiger partial charge in [0.2, 0.25) is 0 Å². The number of aromatic hydroxyl groups is 1. The van der Waals surface area contributed by atoms with Gasteiger partial charge in [-0.25, -0.2) is 4.79 Å². The SMILES string of the molecule is COC(=O)[C@H]1Cc2ccccc2C[NH+]1Cc1ccc(O)c2ncccc12. The number of benzene rings is 2. The van der Waals surface area contributed by atoms with Crippen molar-refractivity contribution in [2.75, 3.05) is 7.11 Å². The highest BCUT2D eigenvalue weighted by atomic mass is 16.5. The van der Waals surface area contributed by atoms with Gasteiger partial charge in [0.15, 0.2) is 6.04 Å². The molecule has 5 nitrogen and oxygen atoms in total. The van der Waals surface area contributed by atoms with E-state index in [0.717, 1.165) is 22.4 Å². The fourth-order valence-corrected chi connectivity index (χ4v) is 3.85. The van der Waals surface area contributed by atoms with Crippen molar-refractivity contribution in [2.45, 2.75) is 25.6 Å². The van der Waals surface area contributed by atoms with Crippen LogP contribution in [-0.2, 0) is 29.0 Å². The second kappa shape index (κ2) is 6.77.